The van der Waals surface area contributed by atoms with E-state index in [2.05, 4.69) is 63.0 Å². The summed E-state index contributed by atoms with van der Waals surface area (Å²) in [5.41, 5.74) is 5.02. The number of rotatable bonds is 5. The lowest BCUT2D eigenvalue weighted by molar-refractivity contribution is 0.188. The molecule has 5 rings (SSSR count). The first-order valence-corrected chi connectivity index (χ1v) is 10.6. The number of hydrogen-bond acceptors (Lipinski definition) is 4. The van der Waals surface area contributed by atoms with Gasteiger partial charge in [0.1, 0.15) is 0 Å². The minimum absolute atomic E-state index is 0.683. The normalized spacial score (nSPS) is 13.9. The van der Waals surface area contributed by atoms with Gasteiger partial charge in [-0.25, -0.2) is 4.68 Å². The monoisotopic (exact) mass is 413 g/mol. The van der Waals surface area contributed by atoms with E-state index in [1.807, 2.05) is 29.1 Å². The molecule has 1 aliphatic rings. The molecule has 30 heavy (non-hydrogen) atoms. The summed E-state index contributed by atoms with van der Waals surface area (Å²) in [5, 5.41) is 4.92. The molecule has 0 saturated carbocycles. The fourth-order valence-corrected chi connectivity index (χ4v) is 4.26. The number of aromatic nitrogens is 4. The van der Waals surface area contributed by atoms with Crippen LogP contribution >= 0.6 is 12.2 Å². The molecule has 0 radical (unpaired) electrons. The van der Waals surface area contributed by atoms with E-state index < -0.39 is 0 Å². The number of nitrogens with zero attached hydrogens (tertiary/aromatic N) is 5. The van der Waals surface area contributed by atoms with Gasteiger partial charge in [0.2, 0.25) is 0 Å². The molecule has 0 fully saturated rings. The molecule has 0 bridgehead atoms. The largest absolute Gasteiger partial charge is 0.295 e. The van der Waals surface area contributed by atoms with E-state index in [4.69, 9.17) is 17.3 Å². The van der Waals surface area contributed by atoms with E-state index in [-0.39, 0.29) is 0 Å². The summed E-state index contributed by atoms with van der Waals surface area (Å²) >= 11 is 5.87. The number of pyridine rings is 1. The maximum Gasteiger partial charge on any atom is 0.199 e. The van der Waals surface area contributed by atoms with Crippen LogP contribution in [0, 0.1) is 4.77 Å². The highest BCUT2D eigenvalue weighted by Crippen LogP contribution is 2.22. The lowest BCUT2D eigenvalue weighted by atomic mass is 10.0. The Bertz CT molecular complexity index is 1200. The molecule has 4 aromatic rings. The number of hydrogen-bond donors (Lipinski definition) is 0. The number of benzene rings is 2. The second-order valence-electron chi connectivity index (χ2n) is 7.63. The van der Waals surface area contributed by atoms with Crippen LogP contribution in [0.25, 0.3) is 11.4 Å². The summed E-state index contributed by atoms with van der Waals surface area (Å²) < 4.78 is 4.80. The second kappa shape index (κ2) is 8.34. The molecule has 2 aromatic heterocycles. The van der Waals surface area contributed by atoms with Crippen LogP contribution < -0.4 is 0 Å². The van der Waals surface area contributed by atoms with Crippen LogP contribution in [0.3, 0.4) is 0 Å². The standard InChI is InChI=1S/C24H23N5S/c30-24-28(16-19-7-2-1-3-8-19)23(21-11-6-13-25-15-21)26-29(24)18-27-14-12-20-9-4-5-10-22(20)17-27/h1-11,13,15H,12,14,16-18H2. The molecule has 0 saturated heterocycles. The molecule has 0 spiro atoms. The zero-order valence-electron chi connectivity index (χ0n) is 16.7. The highest BCUT2D eigenvalue weighted by molar-refractivity contribution is 7.71. The van der Waals surface area contributed by atoms with Crippen molar-refractivity contribution in [1.82, 2.24) is 24.2 Å². The third-order valence-corrected chi connectivity index (χ3v) is 6.00. The van der Waals surface area contributed by atoms with Crippen LogP contribution in [0.15, 0.2) is 79.1 Å². The van der Waals surface area contributed by atoms with Crippen molar-refractivity contribution >= 4 is 12.2 Å². The average Bonchev–Trinajstić information content (AvgIpc) is 3.10. The summed E-state index contributed by atoms with van der Waals surface area (Å²) in [6.45, 7) is 3.30. The van der Waals surface area contributed by atoms with Crippen molar-refractivity contribution in [3.8, 4) is 11.4 Å². The molecule has 0 N–H and O–H groups in total. The Balaban J connectivity index is 1.48. The Hall–Kier alpha value is -3.09. The Morgan fingerprint density at radius 1 is 0.900 bits per heavy atom. The molecular weight excluding hydrogens is 390 g/mol. The maximum atomic E-state index is 5.87. The summed E-state index contributed by atoms with van der Waals surface area (Å²) in [4.78, 5) is 6.69. The van der Waals surface area contributed by atoms with Gasteiger partial charge in [-0.2, -0.15) is 5.10 Å². The topological polar surface area (TPSA) is 38.9 Å². The van der Waals surface area contributed by atoms with Gasteiger partial charge < -0.3 is 0 Å². The summed E-state index contributed by atoms with van der Waals surface area (Å²) in [7, 11) is 0. The van der Waals surface area contributed by atoms with Crippen molar-refractivity contribution in [1.29, 1.82) is 0 Å². The lowest BCUT2D eigenvalue weighted by Gasteiger charge is -2.28. The third-order valence-electron chi connectivity index (χ3n) is 5.57. The predicted octanol–water partition coefficient (Wildman–Crippen LogP) is 4.54. The Kier molecular flexibility index (Phi) is 5.26. The molecule has 0 aliphatic carbocycles. The Labute approximate surface area is 181 Å². The first-order valence-electron chi connectivity index (χ1n) is 10.2. The van der Waals surface area contributed by atoms with Gasteiger partial charge in [0.15, 0.2) is 10.6 Å². The van der Waals surface area contributed by atoms with Crippen molar-refractivity contribution in [2.24, 2.45) is 0 Å². The molecule has 150 valence electrons. The van der Waals surface area contributed by atoms with E-state index in [1.54, 1.807) is 6.20 Å². The van der Waals surface area contributed by atoms with E-state index >= 15 is 0 Å². The summed E-state index contributed by atoms with van der Waals surface area (Å²) in [6.07, 6.45) is 4.69. The number of fused-ring (bicyclic) bond motifs is 1. The zero-order chi connectivity index (χ0) is 20.3. The smallest absolute Gasteiger partial charge is 0.199 e. The molecule has 2 aromatic carbocycles. The fraction of sp³-hybridized carbons (Fsp3) is 0.208. The van der Waals surface area contributed by atoms with Gasteiger partial charge in [-0.1, -0.05) is 54.6 Å². The highest BCUT2D eigenvalue weighted by atomic mass is 32.1. The van der Waals surface area contributed by atoms with Crippen LogP contribution in [-0.4, -0.2) is 30.8 Å². The first kappa shape index (κ1) is 18.9. The maximum absolute atomic E-state index is 5.87. The molecule has 1 aliphatic heterocycles. The Morgan fingerprint density at radius 3 is 2.50 bits per heavy atom. The molecule has 3 heterocycles. The van der Waals surface area contributed by atoms with Crippen molar-refractivity contribution in [3.63, 3.8) is 0 Å². The van der Waals surface area contributed by atoms with Crippen molar-refractivity contribution in [2.75, 3.05) is 6.54 Å². The van der Waals surface area contributed by atoms with Crippen LogP contribution in [0.1, 0.15) is 16.7 Å². The minimum atomic E-state index is 0.683. The highest BCUT2D eigenvalue weighted by Gasteiger charge is 2.19. The predicted molar refractivity (Wildman–Crippen MR) is 120 cm³/mol. The second-order valence-corrected chi connectivity index (χ2v) is 8.00. The van der Waals surface area contributed by atoms with Crippen LogP contribution in [0.4, 0.5) is 0 Å². The van der Waals surface area contributed by atoms with E-state index in [9.17, 15) is 0 Å². The van der Waals surface area contributed by atoms with Crippen molar-refractivity contribution in [3.05, 3.63) is 101 Å². The van der Waals surface area contributed by atoms with Gasteiger partial charge in [0, 0.05) is 31.0 Å². The molecule has 6 heteroatoms. The van der Waals surface area contributed by atoms with E-state index in [1.165, 1.54) is 16.7 Å². The Morgan fingerprint density at radius 2 is 1.70 bits per heavy atom. The quantitative estimate of drug-likeness (QED) is 0.450. The lowest BCUT2D eigenvalue weighted by Crippen LogP contribution is -2.32. The van der Waals surface area contributed by atoms with Gasteiger partial charge in [0.05, 0.1) is 13.2 Å². The van der Waals surface area contributed by atoms with Gasteiger partial charge >= 0.3 is 0 Å². The molecule has 0 amide bonds. The molecular formula is C24H23N5S. The molecule has 0 unspecified atom stereocenters. The summed E-state index contributed by atoms with van der Waals surface area (Å²) in [5.74, 6) is 0.856. The van der Waals surface area contributed by atoms with Gasteiger partial charge in [0.25, 0.3) is 0 Å². The van der Waals surface area contributed by atoms with Crippen LogP contribution in [-0.2, 0) is 26.2 Å². The van der Waals surface area contributed by atoms with E-state index in [0.717, 1.165) is 35.7 Å². The molecule has 0 atom stereocenters. The fourth-order valence-electron chi connectivity index (χ4n) is 4.01. The van der Waals surface area contributed by atoms with Crippen molar-refractivity contribution < 1.29 is 0 Å². The van der Waals surface area contributed by atoms with Gasteiger partial charge in [-0.05, 0) is 47.5 Å². The van der Waals surface area contributed by atoms with E-state index in [0.29, 0.717) is 13.2 Å². The van der Waals surface area contributed by atoms with Gasteiger partial charge in [-0.3, -0.25) is 14.5 Å². The van der Waals surface area contributed by atoms with Crippen molar-refractivity contribution in [2.45, 2.75) is 26.2 Å². The summed E-state index contributed by atoms with van der Waals surface area (Å²) in [6, 6.07) is 23.0. The average molecular weight is 414 g/mol. The van der Waals surface area contributed by atoms with Gasteiger partial charge in [-0.15, -0.1) is 0 Å². The zero-order valence-corrected chi connectivity index (χ0v) is 17.5. The third kappa shape index (κ3) is 3.84. The minimum Gasteiger partial charge on any atom is -0.295 e. The first-order chi connectivity index (χ1) is 14.8. The SMILES string of the molecule is S=c1n(CN2CCc3ccccc3C2)nc(-c2cccnc2)n1Cc1ccccc1. The molecule has 5 nitrogen and oxygen atoms in total. The van der Waals surface area contributed by atoms with Crippen LogP contribution in [0.5, 0.6) is 0 Å². The van der Waals surface area contributed by atoms with Crippen LogP contribution in [0.2, 0.25) is 0 Å².